The minimum atomic E-state index is -0.335. The number of rotatable bonds is 4. The summed E-state index contributed by atoms with van der Waals surface area (Å²) in [6.07, 6.45) is 3.82. The van der Waals surface area contributed by atoms with Crippen molar-refractivity contribution < 1.29 is 8.83 Å². The summed E-state index contributed by atoms with van der Waals surface area (Å²) < 4.78 is 13.9. The van der Waals surface area contributed by atoms with E-state index in [1.54, 1.807) is 0 Å². The number of hydrogen-bond acceptors (Lipinski definition) is 2. The molecule has 2 aliphatic rings. The highest BCUT2D eigenvalue weighted by Gasteiger charge is 2.48. The lowest BCUT2D eigenvalue weighted by Crippen LogP contribution is -2.24. The van der Waals surface area contributed by atoms with Crippen LogP contribution in [0.5, 0.6) is 0 Å². The molecule has 2 aliphatic carbocycles. The van der Waals surface area contributed by atoms with Crippen LogP contribution in [-0.2, 0) is 10.8 Å². The number of benzene rings is 8. The monoisotopic (exact) mass is 744 g/mol. The van der Waals surface area contributed by atoms with E-state index in [0.717, 1.165) is 66.3 Å². The molecule has 276 valence electrons. The molecule has 0 unspecified atom stereocenters. The first kappa shape index (κ1) is 33.3. The van der Waals surface area contributed by atoms with E-state index in [9.17, 15) is 0 Å². The largest absolute Gasteiger partial charge is 0.455 e. The maximum atomic E-state index is 6.98. The Morgan fingerprint density at radius 3 is 1.71 bits per heavy atom. The highest BCUT2D eigenvalue weighted by atomic mass is 16.3. The fourth-order valence-corrected chi connectivity index (χ4v) is 10.8. The van der Waals surface area contributed by atoms with Crippen molar-refractivity contribution in [2.24, 2.45) is 0 Å². The second kappa shape index (κ2) is 11.4. The van der Waals surface area contributed by atoms with E-state index < -0.39 is 0 Å². The third-order valence-corrected chi connectivity index (χ3v) is 13.5. The fraction of sp³-hybridized carbons (Fsp3) is 0.107. The number of furan rings is 2. The molecule has 0 atom stereocenters. The van der Waals surface area contributed by atoms with Gasteiger partial charge in [-0.1, -0.05) is 150 Å². The van der Waals surface area contributed by atoms with Crippen molar-refractivity contribution in [3.8, 4) is 44.5 Å². The Bertz CT molecular complexity index is 3490. The van der Waals surface area contributed by atoms with E-state index in [0.29, 0.717) is 0 Å². The van der Waals surface area contributed by atoms with Crippen LogP contribution in [-0.4, -0.2) is 0 Å². The number of hydrogen-bond donors (Lipinski definition) is 0. The van der Waals surface area contributed by atoms with Crippen LogP contribution in [0, 0.1) is 0 Å². The van der Waals surface area contributed by atoms with E-state index in [1.807, 2.05) is 12.2 Å². The number of fused-ring (bicyclic) bond motifs is 16. The van der Waals surface area contributed by atoms with Gasteiger partial charge in [-0.3, -0.25) is 0 Å². The standard InChI is InChI=1S/C56H40O2/c1-7-31-21-23-35(27-32(31)8-2)41-29-44-49(54-47(41)37-17-11-13-19-45(37)58-54)40-26-25-39-48-43(55(3,4)51(39)52(40)56(44,5)6)30-42(36-24-22-33-15-9-10-16-34(33)28-36)53-50(48)38-18-12-14-20-46(38)57-53/h7-30H,1-2H2,3-6H3. The lowest BCUT2D eigenvalue weighted by Gasteiger charge is -2.31. The Balaban J connectivity index is 1.16. The average molecular weight is 745 g/mol. The Morgan fingerprint density at radius 2 is 1.00 bits per heavy atom. The summed E-state index contributed by atoms with van der Waals surface area (Å²) in [5.41, 5.74) is 20.2. The van der Waals surface area contributed by atoms with Gasteiger partial charge in [0.1, 0.15) is 22.3 Å². The van der Waals surface area contributed by atoms with Crippen LogP contribution in [0.25, 0.3) is 111 Å². The second-order valence-electron chi connectivity index (χ2n) is 17.3. The first-order valence-corrected chi connectivity index (χ1v) is 20.2. The van der Waals surface area contributed by atoms with E-state index >= 15 is 0 Å². The Morgan fingerprint density at radius 1 is 0.448 bits per heavy atom. The highest BCUT2D eigenvalue weighted by Crippen LogP contribution is 2.63. The predicted molar refractivity (Wildman–Crippen MR) is 245 cm³/mol. The maximum Gasteiger partial charge on any atom is 0.144 e. The van der Waals surface area contributed by atoms with Crippen molar-refractivity contribution in [3.05, 3.63) is 180 Å². The topological polar surface area (TPSA) is 26.3 Å². The Kier molecular flexibility index (Phi) is 6.52. The molecule has 0 fully saturated rings. The summed E-state index contributed by atoms with van der Waals surface area (Å²) >= 11 is 0. The van der Waals surface area contributed by atoms with Gasteiger partial charge in [0.25, 0.3) is 0 Å². The third kappa shape index (κ3) is 4.17. The molecule has 2 aromatic heterocycles. The molecule has 0 saturated carbocycles. The van der Waals surface area contributed by atoms with Crippen molar-refractivity contribution in [2.45, 2.75) is 38.5 Å². The molecule has 0 bridgehead atoms. The zero-order valence-corrected chi connectivity index (χ0v) is 33.1. The van der Waals surface area contributed by atoms with Gasteiger partial charge >= 0.3 is 0 Å². The van der Waals surface area contributed by atoms with Crippen molar-refractivity contribution in [1.29, 1.82) is 0 Å². The predicted octanol–water partition coefficient (Wildman–Crippen LogP) is 15.9. The van der Waals surface area contributed by atoms with Gasteiger partial charge in [-0.05, 0) is 114 Å². The molecule has 0 radical (unpaired) electrons. The molecule has 2 heterocycles. The zero-order chi connectivity index (χ0) is 39.2. The number of para-hydroxylation sites is 2. The SMILES string of the molecule is C=Cc1ccc(-c2cc3c(c4oc5ccccc5c24)-c2ccc4c(c2C3(C)C)C(C)(C)c2cc(-c3ccc5ccccc5c3)c3oc5ccccc5c3c2-4)cc1C=C. The van der Waals surface area contributed by atoms with E-state index in [1.165, 1.54) is 66.2 Å². The molecular formula is C56H40O2. The van der Waals surface area contributed by atoms with Gasteiger partial charge in [-0.25, -0.2) is 0 Å². The summed E-state index contributed by atoms with van der Waals surface area (Å²) in [5, 5.41) is 7.07. The van der Waals surface area contributed by atoms with Crippen LogP contribution in [0.1, 0.15) is 61.1 Å². The van der Waals surface area contributed by atoms with Gasteiger partial charge in [0.2, 0.25) is 0 Å². The van der Waals surface area contributed by atoms with E-state index in [4.69, 9.17) is 8.83 Å². The summed E-state index contributed by atoms with van der Waals surface area (Å²) in [4.78, 5) is 0. The first-order chi connectivity index (χ1) is 28.2. The van der Waals surface area contributed by atoms with Gasteiger partial charge in [0, 0.05) is 43.5 Å². The van der Waals surface area contributed by atoms with Crippen molar-refractivity contribution in [2.75, 3.05) is 0 Å². The molecule has 2 heteroatoms. The minimum Gasteiger partial charge on any atom is -0.455 e. The van der Waals surface area contributed by atoms with Gasteiger partial charge in [0.05, 0.1) is 0 Å². The lowest BCUT2D eigenvalue weighted by molar-refractivity contribution is 0.601. The molecular weight excluding hydrogens is 705 g/mol. The van der Waals surface area contributed by atoms with Crippen LogP contribution in [0.4, 0.5) is 0 Å². The van der Waals surface area contributed by atoms with Crippen LogP contribution in [0.2, 0.25) is 0 Å². The van der Waals surface area contributed by atoms with E-state index in [2.05, 4.69) is 174 Å². The highest BCUT2D eigenvalue weighted by molar-refractivity contribution is 6.21. The Hall–Kier alpha value is -6.90. The fourth-order valence-electron chi connectivity index (χ4n) is 10.8. The normalized spacial score (nSPS) is 14.6. The zero-order valence-electron chi connectivity index (χ0n) is 33.1. The molecule has 8 aromatic carbocycles. The average Bonchev–Trinajstić information content (AvgIpc) is 3.95. The quantitative estimate of drug-likeness (QED) is 0.179. The molecule has 0 saturated heterocycles. The van der Waals surface area contributed by atoms with Gasteiger partial charge in [-0.15, -0.1) is 0 Å². The molecule has 0 aliphatic heterocycles. The summed E-state index contributed by atoms with van der Waals surface area (Å²) in [7, 11) is 0. The molecule has 10 aromatic rings. The van der Waals surface area contributed by atoms with Crippen LogP contribution >= 0.6 is 0 Å². The van der Waals surface area contributed by atoms with Crippen LogP contribution in [0.15, 0.2) is 155 Å². The van der Waals surface area contributed by atoms with Gasteiger partial charge < -0.3 is 8.83 Å². The smallest absolute Gasteiger partial charge is 0.144 e. The molecule has 58 heavy (non-hydrogen) atoms. The second-order valence-corrected chi connectivity index (χ2v) is 17.3. The molecule has 0 N–H and O–H groups in total. The summed E-state index contributed by atoms with van der Waals surface area (Å²) in [5.74, 6) is 0. The first-order valence-electron chi connectivity index (χ1n) is 20.2. The van der Waals surface area contributed by atoms with Gasteiger partial charge in [-0.2, -0.15) is 0 Å². The summed E-state index contributed by atoms with van der Waals surface area (Å²) in [6, 6.07) is 48.7. The van der Waals surface area contributed by atoms with Crippen LogP contribution < -0.4 is 0 Å². The third-order valence-electron chi connectivity index (χ3n) is 13.5. The van der Waals surface area contributed by atoms with Gasteiger partial charge in [0.15, 0.2) is 0 Å². The Labute approximate surface area is 337 Å². The maximum absolute atomic E-state index is 6.98. The summed E-state index contributed by atoms with van der Waals surface area (Å²) in [6.45, 7) is 17.9. The van der Waals surface area contributed by atoms with Crippen molar-refractivity contribution >= 4 is 66.8 Å². The van der Waals surface area contributed by atoms with Crippen LogP contribution in [0.3, 0.4) is 0 Å². The molecule has 2 nitrogen and oxygen atoms in total. The van der Waals surface area contributed by atoms with E-state index in [-0.39, 0.29) is 10.8 Å². The van der Waals surface area contributed by atoms with Crippen molar-refractivity contribution in [3.63, 3.8) is 0 Å². The molecule has 0 amide bonds. The minimum absolute atomic E-state index is 0.317. The lowest BCUT2D eigenvalue weighted by atomic mass is 9.72. The van der Waals surface area contributed by atoms with Crippen molar-refractivity contribution in [1.82, 2.24) is 0 Å². The molecule has 0 spiro atoms. The molecule has 12 rings (SSSR count).